The van der Waals surface area contributed by atoms with Crippen LogP contribution in [0.1, 0.15) is 18.4 Å². The second-order valence-corrected chi connectivity index (χ2v) is 5.23. The lowest BCUT2D eigenvalue weighted by Gasteiger charge is -2.36. The highest BCUT2D eigenvalue weighted by Gasteiger charge is 2.31. The second kappa shape index (κ2) is 6.57. The summed E-state index contributed by atoms with van der Waals surface area (Å²) in [5.74, 6) is 0.764. The van der Waals surface area contributed by atoms with Crippen LogP contribution in [0.3, 0.4) is 0 Å². The van der Waals surface area contributed by atoms with Crippen molar-refractivity contribution >= 4 is 11.6 Å². The van der Waals surface area contributed by atoms with Crippen LogP contribution in [0.2, 0.25) is 5.02 Å². The van der Waals surface area contributed by atoms with Crippen LogP contribution in [0.4, 0.5) is 0 Å². The molecule has 0 bridgehead atoms. The summed E-state index contributed by atoms with van der Waals surface area (Å²) >= 11 is 6.21. The first-order chi connectivity index (χ1) is 9.21. The Balaban J connectivity index is 2.09. The summed E-state index contributed by atoms with van der Waals surface area (Å²) in [5, 5.41) is 13.7. The van der Waals surface area contributed by atoms with Crippen LogP contribution in [0.15, 0.2) is 18.2 Å². The topological polar surface area (TPSA) is 50.7 Å². The van der Waals surface area contributed by atoms with E-state index in [1.54, 1.807) is 7.11 Å². The summed E-state index contributed by atoms with van der Waals surface area (Å²) < 4.78 is 10.7. The molecule has 0 radical (unpaired) electrons. The normalized spacial score (nSPS) is 18.3. The highest BCUT2D eigenvalue weighted by atomic mass is 35.5. The largest absolute Gasteiger partial charge is 0.496 e. The van der Waals surface area contributed by atoms with Crippen LogP contribution in [-0.2, 0) is 11.3 Å². The molecule has 1 aromatic rings. The van der Waals surface area contributed by atoms with Crippen molar-refractivity contribution < 1.29 is 14.6 Å². The molecule has 0 saturated carbocycles. The van der Waals surface area contributed by atoms with Gasteiger partial charge in [-0.15, -0.1) is 0 Å². The van der Waals surface area contributed by atoms with Crippen LogP contribution < -0.4 is 10.1 Å². The fraction of sp³-hybridized carbons (Fsp3) is 0.571. The number of nitrogens with one attached hydrogen (secondary N) is 1. The van der Waals surface area contributed by atoms with Gasteiger partial charge in [-0.05, 0) is 25.0 Å². The Kier molecular flexibility index (Phi) is 5.05. The van der Waals surface area contributed by atoms with Crippen molar-refractivity contribution in [3.05, 3.63) is 28.8 Å². The molecule has 2 rings (SSSR count). The number of aliphatic hydroxyl groups excluding tert-OH is 1. The lowest BCUT2D eigenvalue weighted by Crippen LogP contribution is -2.51. The summed E-state index contributed by atoms with van der Waals surface area (Å²) in [6.45, 7) is 2.02. The van der Waals surface area contributed by atoms with Gasteiger partial charge in [0, 0.05) is 35.9 Å². The van der Waals surface area contributed by atoms with E-state index in [1.165, 1.54) is 0 Å². The average molecular weight is 286 g/mol. The summed E-state index contributed by atoms with van der Waals surface area (Å²) in [5.41, 5.74) is 0.647. The molecule has 0 aromatic heterocycles. The third kappa shape index (κ3) is 3.39. The van der Waals surface area contributed by atoms with E-state index in [4.69, 9.17) is 21.1 Å². The third-order valence-electron chi connectivity index (χ3n) is 3.69. The molecule has 0 aliphatic carbocycles. The van der Waals surface area contributed by atoms with Gasteiger partial charge in [0.25, 0.3) is 0 Å². The van der Waals surface area contributed by atoms with Gasteiger partial charge in [-0.2, -0.15) is 0 Å². The van der Waals surface area contributed by atoms with E-state index in [0.717, 1.165) is 24.2 Å². The van der Waals surface area contributed by atoms with Crippen molar-refractivity contribution in [2.24, 2.45) is 0 Å². The van der Waals surface area contributed by atoms with Gasteiger partial charge in [-0.1, -0.05) is 17.7 Å². The molecule has 0 spiro atoms. The van der Waals surface area contributed by atoms with Crippen molar-refractivity contribution in [2.45, 2.75) is 24.9 Å². The lowest BCUT2D eigenvalue weighted by molar-refractivity contribution is 0.0111. The predicted octanol–water partition coefficient (Wildman–Crippen LogP) is 1.98. The van der Waals surface area contributed by atoms with E-state index in [9.17, 15) is 5.11 Å². The molecule has 4 nitrogen and oxygen atoms in total. The van der Waals surface area contributed by atoms with Gasteiger partial charge in [-0.3, -0.25) is 0 Å². The third-order valence-corrected chi connectivity index (χ3v) is 4.04. The molecule has 0 amide bonds. The molecule has 0 unspecified atom stereocenters. The van der Waals surface area contributed by atoms with Gasteiger partial charge in [-0.25, -0.2) is 0 Å². The van der Waals surface area contributed by atoms with Crippen LogP contribution in [-0.4, -0.2) is 37.6 Å². The fourth-order valence-electron chi connectivity index (χ4n) is 2.33. The van der Waals surface area contributed by atoms with Crippen LogP contribution in [0.25, 0.3) is 0 Å². The molecule has 1 aliphatic rings. The molecule has 1 heterocycles. The zero-order valence-electron chi connectivity index (χ0n) is 11.1. The Morgan fingerprint density at radius 1 is 1.42 bits per heavy atom. The minimum Gasteiger partial charge on any atom is -0.496 e. The van der Waals surface area contributed by atoms with Crippen molar-refractivity contribution in [2.75, 3.05) is 26.9 Å². The standard InChI is InChI=1S/C14H20ClNO3/c1-18-13-4-2-3-12(15)11(13)9-16-14(10-17)5-7-19-8-6-14/h2-4,16-17H,5-10H2,1H3. The maximum Gasteiger partial charge on any atom is 0.124 e. The summed E-state index contributed by atoms with van der Waals surface area (Å²) in [6, 6.07) is 5.59. The first-order valence-electron chi connectivity index (χ1n) is 6.46. The first kappa shape index (κ1) is 14.6. The zero-order chi connectivity index (χ0) is 13.7. The number of benzene rings is 1. The monoisotopic (exact) mass is 285 g/mol. The van der Waals surface area contributed by atoms with Crippen LogP contribution >= 0.6 is 11.6 Å². The van der Waals surface area contributed by atoms with Crippen molar-refractivity contribution in [3.8, 4) is 5.75 Å². The lowest BCUT2D eigenvalue weighted by atomic mass is 9.90. The molecule has 1 fully saturated rings. The van der Waals surface area contributed by atoms with Crippen molar-refractivity contribution in [1.82, 2.24) is 5.32 Å². The van der Waals surface area contributed by atoms with Gasteiger partial charge in [0.05, 0.1) is 13.7 Å². The highest BCUT2D eigenvalue weighted by Crippen LogP contribution is 2.28. The number of aliphatic hydroxyl groups is 1. The van der Waals surface area contributed by atoms with Crippen LogP contribution in [0, 0.1) is 0 Å². The Morgan fingerprint density at radius 3 is 2.79 bits per heavy atom. The molecule has 2 N–H and O–H groups in total. The fourth-order valence-corrected chi connectivity index (χ4v) is 2.56. The summed E-state index contributed by atoms with van der Waals surface area (Å²) in [6.07, 6.45) is 1.60. The number of ether oxygens (including phenoxy) is 2. The first-order valence-corrected chi connectivity index (χ1v) is 6.83. The highest BCUT2D eigenvalue weighted by molar-refractivity contribution is 6.31. The molecule has 106 valence electrons. The van der Waals surface area contributed by atoms with Gasteiger partial charge in [0.15, 0.2) is 0 Å². The summed E-state index contributed by atoms with van der Waals surface area (Å²) in [7, 11) is 1.63. The molecular formula is C14H20ClNO3. The molecule has 1 aromatic carbocycles. The van der Waals surface area contributed by atoms with Gasteiger partial charge in [0.1, 0.15) is 5.75 Å². The predicted molar refractivity (Wildman–Crippen MR) is 74.7 cm³/mol. The van der Waals surface area contributed by atoms with E-state index in [0.29, 0.717) is 24.8 Å². The molecule has 0 atom stereocenters. The minimum absolute atomic E-state index is 0.100. The van der Waals surface area contributed by atoms with Gasteiger partial charge >= 0.3 is 0 Å². The van der Waals surface area contributed by atoms with E-state index in [-0.39, 0.29) is 12.1 Å². The molecule has 1 aliphatic heterocycles. The van der Waals surface area contributed by atoms with E-state index >= 15 is 0 Å². The maximum atomic E-state index is 9.63. The Bertz CT molecular complexity index is 419. The number of rotatable bonds is 5. The van der Waals surface area contributed by atoms with E-state index in [1.807, 2.05) is 18.2 Å². The number of halogens is 1. The van der Waals surface area contributed by atoms with E-state index in [2.05, 4.69) is 5.32 Å². The quantitative estimate of drug-likeness (QED) is 0.869. The summed E-state index contributed by atoms with van der Waals surface area (Å²) in [4.78, 5) is 0. The Labute approximate surface area is 118 Å². The Hall–Kier alpha value is -0.810. The van der Waals surface area contributed by atoms with E-state index < -0.39 is 0 Å². The van der Waals surface area contributed by atoms with Gasteiger partial charge in [0.2, 0.25) is 0 Å². The molecule has 19 heavy (non-hydrogen) atoms. The Morgan fingerprint density at radius 2 is 2.16 bits per heavy atom. The van der Waals surface area contributed by atoms with Crippen molar-refractivity contribution in [1.29, 1.82) is 0 Å². The maximum absolute atomic E-state index is 9.63. The average Bonchev–Trinajstić information content (AvgIpc) is 2.46. The molecule has 1 saturated heterocycles. The molecular weight excluding hydrogens is 266 g/mol. The number of hydrogen-bond acceptors (Lipinski definition) is 4. The number of methoxy groups -OCH3 is 1. The SMILES string of the molecule is COc1cccc(Cl)c1CNC1(CO)CCOCC1. The zero-order valence-corrected chi connectivity index (χ0v) is 11.9. The second-order valence-electron chi connectivity index (χ2n) is 4.83. The van der Waals surface area contributed by atoms with Gasteiger partial charge < -0.3 is 19.9 Å². The molecule has 5 heteroatoms. The van der Waals surface area contributed by atoms with Crippen LogP contribution in [0.5, 0.6) is 5.75 Å². The minimum atomic E-state index is -0.275. The smallest absolute Gasteiger partial charge is 0.124 e. The number of hydrogen-bond donors (Lipinski definition) is 2. The van der Waals surface area contributed by atoms with Crippen molar-refractivity contribution in [3.63, 3.8) is 0 Å².